The van der Waals surface area contributed by atoms with Crippen LogP contribution in [0, 0.1) is 38.5 Å². The number of amides is 2. The molecule has 2 aromatic rings. The van der Waals surface area contributed by atoms with Crippen LogP contribution in [-0.2, 0) is 9.59 Å². The van der Waals surface area contributed by atoms with E-state index in [1.165, 1.54) is 0 Å². The lowest BCUT2D eigenvalue weighted by molar-refractivity contribution is -0.133. The number of aromatic nitrogens is 1. The summed E-state index contributed by atoms with van der Waals surface area (Å²) in [5.41, 5.74) is 4.28. The van der Waals surface area contributed by atoms with Gasteiger partial charge in [0.1, 0.15) is 0 Å². The molecular formula is C32H42ClN5O3. The van der Waals surface area contributed by atoms with Gasteiger partial charge >= 0.3 is 0 Å². The van der Waals surface area contributed by atoms with Gasteiger partial charge in [0.15, 0.2) is 5.78 Å². The van der Waals surface area contributed by atoms with Crippen LogP contribution < -0.4 is 10.2 Å². The van der Waals surface area contributed by atoms with Crippen molar-refractivity contribution in [2.24, 2.45) is 17.8 Å². The number of hydrogen-bond donors (Lipinski definition) is 1. The third kappa shape index (κ3) is 6.20. The van der Waals surface area contributed by atoms with E-state index in [0.29, 0.717) is 43.4 Å². The number of aryl methyl sites for hydroxylation is 3. The second-order valence-electron chi connectivity index (χ2n) is 12.0. The summed E-state index contributed by atoms with van der Waals surface area (Å²) in [7, 11) is 0. The lowest BCUT2D eigenvalue weighted by atomic mass is 9.87. The van der Waals surface area contributed by atoms with Gasteiger partial charge in [-0.1, -0.05) is 17.7 Å². The summed E-state index contributed by atoms with van der Waals surface area (Å²) in [4.78, 5) is 50.2. The molecular weight excluding hydrogens is 538 g/mol. The van der Waals surface area contributed by atoms with Crippen molar-refractivity contribution in [3.8, 4) is 0 Å². The quantitative estimate of drug-likeness (QED) is 0.475. The molecule has 0 aliphatic carbocycles. The Bertz CT molecular complexity index is 1290. The van der Waals surface area contributed by atoms with Crippen molar-refractivity contribution in [2.75, 3.05) is 50.7 Å². The van der Waals surface area contributed by atoms with Crippen molar-refractivity contribution in [3.05, 3.63) is 57.9 Å². The minimum absolute atomic E-state index is 0.0597. The van der Waals surface area contributed by atoms with Gasteiger partial charge in [-0.05, 0) is 87.7 Å². The van der Waals surface area contributed by atoms with E-state index in [1.54, 1.807) is 13.1 Å². The van der Waals surface area contributed by atoms with Crippen LogP contribution in [0.15, 0.2) is 30.5 Å². The van der Waals surface area contributed by atoms with Crippen LogP contribution in [0.2, 0.25) is 5.02 Å². The van der Waals surface area contributed by atoms with E-state index in [2.05, 4.69) is 15.2 Å². The normalized spacial score (nSPS) is 23.0. The maximum Gasteiger partial charge on any atom is 0.230 e. The summed E-state index contributed by atoms with van der Waals surface area (Å²) in [6.45, 7) is 12.6. The molecule has 3 unspecified atom stereocenters. The van der Waals surface area contributed by atoms with E-state index in [4.69, 9.17) is 11.6 Å². The Morgan fingerprint density at radius 1 is 1.07 bits per heavy atom. The number of likely N-dealkylation sites (tertiary alicyclic amines) is 2. The minimum Gasteiger partial charge on any atom is -0.343 e. The van der Waals surface area contributed by atoms with Gasteiger partial charge in [0.2, 0.25) is 11.8 Å². The number of pyridine rings is 1. The molecule has 3 fully saturated rings. The molecule has 1 aromatic carbocycles. The number of carbonyl (C=O) groups is 3. The first-order chi connectivity index (χ1) is 19.7. The van der Waals surface area contributed by atoms with E-state index < -0.39 is 0 Å². The molecule has 0 bridgehead atoms. The molecule has 2 amide bonds. The topological polar surface area (TPSA) is 85.9 Å². The number of benzene rings is 1. The molecule has 9 heteroatoms. The van der Waals surface area contributed by atoms with Crippen LogP contribution in [0.5, 0.6) is 0 Å². The molecule has 8 nitrogen and oxygen atoms in total. The highest BCUT2D eigenvalue weighted by Crippen LogP contribution is 2.36. The predicted octanol–water partition coefficient (Wildman–Crippen LogP) is 4.04. The number of fused-ring (bicyclic) bond motifs is 1. The number of Topliss-reactive ketones (excluding diaryl/α,β-unsaturated/α-hetero) is 1. The second-order valence-corrected chi connectivity index (χ2v) is 12.4. The molecule has 3 saturated heterocycles. The monoisotopic (exact) mass is 579 g/mol. The van der Waals surface area contributed by atoms with Gasteiger partial charge in [-0.3, -0.25) is 24.3 Å². The third-order valence-corrected chi connectivity index (χ3v) is 9.78. The lowest BCUT2D eigenvalue weighted by Crippen LogP contribution is -2.46. The Morgan fingerprint density at radius 2 is 1.83 bits per heavy atom. The zero-order valence-electron chi connectivity index (χ0n) is 24.7. The van der Waals surface area contributed by atoms with Crippen LogP contribution in [0.3, 0.4) is 0 Å². The number of hydrogen-bond acceptors (Lipinski definition) is 6. The minimum atomic E-state index is -0.189. The predicted molar refractivity (Wildman–Crippen MR) is 161 cm³/mol. The molecule has 4 heterocycles. The molecule has 3 aliphatic heterocycles. The summed E-state index contributed by atoms with van der Waals surface area (Å²) in [5.74, 6) is 0.908. The molecule has 5 rings (SSSR count). The molecule has 1 N–H and O–H groups in total. The van der Waals surface area contributed by atoms with Gasteiger partial charge < -0.3 is 15.1 Å². The zero-order chi connectivity index (χ0) is 29.3. The first-order valence-electron chi connectivity index (χ1n) is 14.9. The Kier molecular flexibility index (Phi) is 9.12. The lowest BCUT2D eigenvalue weighted by Gasteiger charge is -2.34. The van der Waals surface area contributed by atoms with E-state index >= 15 is 0 Å². The van der Waals surface area contributed by atoms with Crippen LogP contribution in [0.4, 0.5) is 5.69 Å². The molecule has 0 radical (unpaired) electrons. The van der Waals surface area contributed by atoms with Crippen molar-refractivity contribution >= 4 is 34.9 Å². The highest BCUT2D eigenvalue weighted by atomic mass is 35.5. The average molecular weight is 580 g/mol. The van der Waals surface area contributed by atoms with Crippen molar-refractivity contribution < 1.29 is 14.4 Å². The van der Waals surface area contributed by atoms with Gasteiger partial charge in [-0.2, -0.15) is 0 Å². The standard InChI is InChI=1S/C32H42ClN5O3/c1-20-6-7-26(16-28(20)33)38(32(41)24-9-14-36(15-10-24)23(4)39)13-5-12-37-19-25-17-34-18-27(25)30(37)31(40)29-21(2)8-11-35-22(29)3/h6-8,11,16,24-25,27,30,34H,5,9-10,12-15,17-19H2,1-4H3. The molecule has 0 saturated carbocycles. The number of carbonyl (C=O) groups excluding carboxylic acids is 3. The number of nitrogens with zero attached hydrogens (tertiary/aromatic N) is 4. The van der Waals surface area contributed by atoms with Crippen LogP contribution >= 0.6 is 11.6 Å². The Hall–Kier alpha value is -2.81. The molecule has 1 aromatic heterocycles. The summed E-state index contributed by atoms with van der Waals surface area (Å²) in [6, 6.07) is 7.53. The van der Waals surface area contributed by atoms with E-state index in [1.807, 2.05) is 54.8 Å². The number of nitrogens with one attached hydrogen (secondary N) is 1. The number of halogens is 1. The number of piperidine rings is 1. The highest BCUT2D eigenvalue weighted by Gasteiger charge is 2.48. The maximum absolute atomic E-state index is 14.0. The summed E-state index contributed by atoms with van der Waals surface area (Å²) in [6.07, 6.45) is 3.83. The number of anilines is 1. The van der Waals surface area contributed by atoms with Gasteiger partial charge in [0, 0.05) is 80.3 Å². The first kappa shape index (κ1) is 29.7. The fourth-order valence-corrected chi connectivity index (χ4v) is 7.20. The largest absolute Gasteiger partial charge is 0.343 e. The smallest absolute Gasteiger partial charge is 0.230 e. The van der Waals surface area contributed by atoms with Crippen molar-refractivity contribution in [3.63, 3.8) is 0 Å². The third-order valence-electron chi connectivity index (χ3n) is 9.37. The Morgan fingerprint density at radius 3 is 2.51 bits per heavy atom. The SMILES string of the molecule is CC(=O)N1CCC(C(=O)N(CCCN2CC3CNCC3C2C(=O)c2c(C)ccnc2C)c2ccc(C)c(Cl)c2)CC1. The fourth-order valence-electron chi connectivity index (χ4n) is 7.02. The van der Waals surface area contributed by atoms with Gasteiger partial charge in [0.05, 0.1) is 6.04 Å². The number of ketones is 1. The summed E-state index contributed by atoms with van der Waals surface area (Å²) < 4.78 is 0. The molecule has 3 aliphatic rings. The van der Waals surface area contributed by atoms with Crippen molar-refractivity contribution in [1.29, 1.82) is 0 Å². The summed E-state index contributed by atoms with van der Waals surface area (Å²) in [5, 5.41) is 4.13. The van der Waals surface area contributed by atoms with Crippen LogP contribution in [0.25, 0.3) is 0 Å². The molecule has 0 spiro atoms. The second kappa shape index (κ2) is 12.6. The first-order valence-corrected chi connectivity index (χ1v) is 15.3. The van der Waals surface area contributed by atoms with Crippen LogP contribution in [-0.4, -0.2) is 84.2 Å². The van der Waals surface area contributed by atoms with Gasteiger partial charge in [0.25, 0.3) is 0 Å². The molecule has 3 atom stereocenters. The van der Waals surface area contributed by atoms with Crippen molar-refractivity contribution in [1.82, 2.24) is 20.1 Å². The van der Waals surface area contributed by atoms with Crippen molar-refractivity contribution in [2.45, 2.75) is 53.0 Å². The zero-order valence-corrected chi connectivity index (χ0v) is 25.4. The van der Waals surface area contributed by atoms with E-state index in [9.17, 15) is 14.4 Å². The van der Waals surface area contributed by atoms with Gasteiger partial charge in [-0.25, -0.2) is 0 Å². The van der Waals surface area contributed by atoms with E-state index in [0.717, 1.165) is 60.7 Å². The Balaban J connectivity index is 1.32. The fraction of sp³-hybridized carbons (Fsp3) is 0.562. The Labute approximate surface area is 248 Å². The molecule has 41 heavy (non-hydrogen) atoms. The molecule has 220 valence electrons. The number of rotatable bonds is 8. The average Bonchev–Trinajstić information content (AvgIpc) is 3.53. The van der Waals surface area contributed by atoms with E-state index in [-0.39, 0.29) is 35.5 Å². The van der Waals surface area contributed by atoms with Crippen LogP contribution in [0.1, 0.15) is 53.4 Å². The highest BCUT2D eigenvalue weighted by molar-refractivity contribution is 6.31. The summed E-state index contributed by atoms with van der Waals surface area (Å²) >= 11 is 6.49. The maximum atomic E-state index is 14.0. The van der Waals surface area contributed by atoms with Gasteiger partial charge in [-0.15, -0.1) is 0 Å².